The van der Waals surface area contributed by atoms with Gasteiger partial charge in [-0.05, 0) is 30.5 Å². The smallest absolute Gasteiger partial charge is 0.205 e. The maximum absolute atomic E-state index is 13.9. The molecule has 1 atom stereocenters. The maximum atomic E-state index is 13.9. The van der Waals surface area contributed by atoms with Gasteiger partial charge >= 0.3 is 0 Å². The fraction of sp³-hybridized carbons (Fsp3) is 0.105. The number of fused-ring (bicyclic) bond motifs is 1. The molecule has 0 unspecified atom stereocenters. The molecule has 0 bridgehead atoms. The van der Waals surface area contributed by atoms with Crippen LogP contribution in [0.2, 0.25) is 10.0 Å². The van der Waals surface area contributed by atoms with Gasteiger partial charge in [-0.15, -0.1) is 11.3 Å². The number of nitrogen functional groups attached to an aromatic ring is 1. The van der Waals surface area contributed by atoms with Gasteiger partial charge in [0.15, 0.2) is 11.4 Å². The first-order valence-electron chi connectivity index (χ1n) is 7.97. The van der Waals surface area contributed by atoms with Crippen LogP contribution < -0.4 is 10.5 Å². The predicted molar refractivity (Wildman–Crippen MR) is 107 cm³/mol. The number of nitrogens with two attached hydrogens (primary N) is 1. The van der Waals surface area contributed by atoms with E-state index in [1.54, 1.807) is 30.7 Å². The molecule has 0 fully saturated rings. The number of hydrogen-bond donors (Lipinski definition) is 1. The molecule has 0 saturated carbocycles. The van der Waals surface area contributed by atoms with Crippen molar-refractivity contribution < 1.29 is 13.5 Å². The lowest BCUT2D eigenvalue weighted by Gasteiger charge is -2.18. The van der Waals surface area contributed by atoms with Gasteiger partial charge in [-0.1, -0.05) is 29.3 Å². The zero-order chi connectivity index (χ0) is 19.1. The third-order valence-electron chi connectivity index (χ3n) is 4.17. The van der Waals surface area contributed by atoms with Crippen molar-refractivity contribution in [2.45, 2.75) is 13.0 Å². The summed E-state index contributed by atoms with van der Waals surface area (Å²) in [5.41, 5.74) is 7.70. The Hall–Kier alpha value is -2.28. The van der Waals surface area contributed by atoms with Gasteiger partial charge in [-0.3, -0.25) is 0 Å². The highest BCUT2D eigenvalue weighted by Gasteiger charge is 2.23. The molecule has 0 saturated heterocycles. The first kappa shape index (κ1) is 18.1. The van der Waals surface area contributed by atoms with Crippen LogP contribution in [0.5, 0.6) is 5.75 Å². The molecule has 0 radical (unpaired) electrons. The zero-order valence-electron chi connectivity index (χ0n) is 14.0. The number of ether oxygens (including phenoxy) is 1. The first-order valence-corrected chi connectivity index (χ1v) is 9.60. The molecule has 3 heterocycles. The molecular formula is C19H13Cl2FN2O2S. The van der Waals surface area contributed by atoms with Gasteiger partial charge in [0, 0.05) is 27.2 Å². The van der Waals surface area contributed by atoms with Crippen LogP contribution in [0.4, 0.5) is 10.2 Å². The number of rotatable bonds is 4. The number of furan rings is 1. The minimum atomic E-state index is -0.675. The summed E-state index contributed by atoms with van der Waals surface area (Å²) in [5, 5.41) is 2.95. The Morgan fingerprint density at radius 1 is 1.30 bits per heavy atom. The molecule has 0 aliphatic heterocycles. The molecule has 0 aliphatic carbocycles. The normalized spacial score (nSPS) is 12.4. The molecular weight excluding hydrogens is 410 g/mol. The van der Waals surface area contributed by atoms with Crippen molar-refractivity contribution in [2.75, 3.05) is 5.73 Å². The Morgan fingerprint density at radius 2 is 2.11 bits per heavy atom. The molecule has 27 heavy (non-hydrogen) atoms. The van der Waals surface area contributed by atoms with Gasteiger partial charge in [0.1, 0.15) is 18.2 Å². The van der Waals surface area contributed by atoms with E-state index in [-0.39, 0.29) is 16.6 Å². The monoisotopic (exact) mass is 422 g/mol. The van der Waals surface area contributed by atoms with E-state index in [0.717, 1.165) is 15.8 Å². The molecule has 1 aromatic carbocycles. The average Bonchev–Trinajstić information content (AvgIpc) is 3.30. The summed E-state index contributed by atoms with van der Waals surface area (Å²) in [6.45, 7) is 1.70. The highest BCUT2D eigenvalue weighted by molar-refractivity contribution is 7.13. The number of benzene rings is 1. The van der Waals surface area contributed by atoms with Crippen molar-refractivity contribution in [3.63, 3.8) is 0 Å². The summed E-state index contributed by atoms with van der Waals surface area (Å²) < 4.78 is 25.6. The van der Waals surface area contributed by atoms with E-state index in [9.17, 15) is 4.39 Å². The van der Waals surface area contributed by atoms with Crippen molar-refractivity contribution >= 4 is 51.3 Å². The van der Waals surface area contributed by atoms with Crippen LogP contribution in [0.3, 0.4) is 0 Å². The molecule has 3 aromatic heterocycles. The van der Waals surface area contributed by atoms with Crippen molar-refractivity contribution in [3.8, 4) is 16.2 Å². The van der Waals surface area contributed by atoms with Gasteiger partial charge in [-0.2, -0.15) is 0 Å². The van der Waals surface area contributed by atoms with E-state index in [1.807, 2.05) is 17.5 Å². The fourth-order valence-corrected chi connectivity index (χ4v) is 4.29. The summed E-state index contributed by atoms with van der Waals surface area (Å²) in [5.74, 6) is -0.155. The molecule has 4 nitrogen and oxygen atoms in total. The average molecular weight is 423 g/mol. The van der Waals surface area contributed by atoms with Crippen LogP contribution in [0.1, 0.15) is 18.6 Å². The highest BCUT2D eigenvalue weighted by atomic mass is 35.5. The molecule has 0 aliphatic rings. The van der Waals surface area contributed by atoms with Gasteiger partial charge in [0.25, 0.3) is 0 Å². The lowest BCUT2D eigenvalue weighted by Crippen LogP contribution is -2.08. The predicted octanol–water partition coefficient (Wildman–Crippen LogP) is 6.72. The van der Waals surface area contributed by atoms with Gasteiger partial charge in [-0.25, -0.2) is 9.37 Å². The third kappa shape index (κ3) is 3.14. The van der Waals surface area contributed by atoms with E-state index in [1.165, 1.54) is 12.1 Å². The molecule has 2 N–H and O–H groups in total. The number of hydrogen-bond acceptors (Lipinski definition) is 5. The summed E-state index contributed by atoms with van der Waals surface area (Å²) in [6.07, 6.45) is 2.60. The number of anilines is 1. The number of aromatic nitrogens is 1. The standard InChI is InChI=1S/C19H13Cl2FN2O2S/c1-9(15-12(20)4-5-13(22)16(15)21)26-18-17-10(7-24-19(18)23)11(8-25-17)14-3-2-6-27-14/h2-9H,1H3,(H2,23,24)/t9-/m1/s1. The Morgan fingerprint density at radius 3 is 2.85 bits per heavy atom. The lowest BCUT2D eigenvalue weighted by atomic mass is 10.1. The van der Waals surface area contributed by atoms with Crippen LogP contribution in [-0.2, 0) is 0 Å². The molecule has 8 heteroatoms. The number of thiophene rings is 1. The molecule has 0 amide bonds. The Kier molecular flexibility index (Phi) is 4.72. The first-order chi connectivity index (χ1) is 13.0. The summed E-state index contributed by atoms with van der Waals surface area (Å²) in [4.78, 5) is 5.25. The third-order valence-corrected chi connectivity index (χ3v) is 5.79. The zero-order valence-corrected chi connectivity index (χ0v) is 16.3. The second kappa shape index (κ2) is 7.03. The van der Waals surface area contributed by atoms with E-state index in [0.29, 0.717) is 16.2 Å². The quantitative estimate of drug-likeness (QED) is 0.370. The minimum Gasteiger partial charge on any atom is -0.478 e. The molecule has 0 spiro atoms. The SMILES string of the molecule is C[C@@H](Oc1c(N)ncc2c(-c3cccs3)coc12)c1c(Cl)ccc(F)c1Cl. The number of halogens is 3. The highest BCUT2D eigenvalue weighted by Crippen LogP contribution is 2.42. The van der Waals surface area contributed by atoms with E-state index < -0.39 is 11.9 Å². The van der Waals surface area contributed by atoms with Gasteiger partial charge < -0.3 is 14.9 Å². The second-order valence-electron chi connectivity index (χ2n) is 5.86. The van der Waals surface area contributed by atoms with Crippen molar-refractivity contribution in [1.29, 1.82) is 0 Å². The van der Waals surface area contributed by atoms with Crippen LogP contribution in [0.15, 0.2) is 46.5 Å². The van der Waals surface area contributed by atoms with Crippen molar-refractivity contribution in [3.05, 3.63) is 63.5 Å². The van der Waals surface area contributed by atoms with E-state index in [4.69, 9.17) is 38.1 Å². The number of pyridine rings is 1. The summed E-state index contributed by atoms with van der Waals surface area (Å²) in [6, 6.07) is 6.58. The Labute approximate surface area is 168 Å². The van der Waals surface area contributed by atoms with Crippen LogP contribution >= 0.6 is 34.5 Å². The second-order valence-corrected chi connectivity index (χ2v) is 7.59. The van der Waals surface area contributed by atoms with Crippen molar-refractivity contribution in [1.82, 2.24) is 4.98 Å². The number of nitrogens with zero attached hydrogens (tertiary/aromatic N) is 1. The minimum absolute atomic E-state index is 0.0903. The molecule has 138 valence electrons. The van der Waals surface area contributed by atoms with Crippen molar-refractivity contribution in [2.24, 2.45) is 0 Å². The summed E-state index contributed by atoms with van der Waals surface area (Å²) in [7, 11) is 0. The molecule has 4 rings (SSSR count). The van der Waals surface area contributed by atoms with Crippen LogP contribution in [-0.4, -0.2) is 4.98 Å². The maximum Gasteiger partial charge on any atom is 0.205 e. The Balaban J connectivity index is 1.79. The van der Waals surface area contributed by atoms with Gasteiger partial charge in [0.05, 0.1) is 10.4 Å². The van der Waals surface area contributed by atoms with Crippen LogP contribution in [0, 0.1) is 5.82 Å². The Bertz CT molecular complexity index is 1130. The lowest BCUT2D eigenvalue weighted by molar-refractivity contribution is 0.227. The van der Waals surface area contributed by atoms with Gasteiger partial charge in [0.2, 0.25) is 5.75 Å². The fourth-order valence-electron chi connectivity index (χ4n) is 2.87. The van der Waals surface area contributed by atoms with E-state index in [2.05, 4.69) is 4.98 Å². The van der Waals surface area contributed by atoms with Crippen LogP contribution in [0.25, 0.3) is 21.4 Å². The molecule has 4 aromatic rings. The largest absolute Gasteiger partial charge is 0.478 e. The van der Waals surface area contributed by atoms with E-state index >= 15 is 0 Å². The topological polar surface area (TPSA) is 61.3 Å². The summed E-state index contributed by atoms with van der Waals surface area (Å²) >= 11 is 13.9.